The molecule has 1 amide bonds. The van der Waals surface area contributed by atoms with Gasteiger partial charge in [0.2, 0.25) is 0 Å². The number of hydrogen-bond acceptors (Lipinski definition) is 5. The maximum atomic E-state index is 12.8. The maximum Gasteiger partial charge on any atom is 0.435 e. The minimum absolute atomic E-state index is 0.00603. The molecule has 4 rings (SSSR count). The predicted molar refractivity (Wildman–Crippen MR) is 102 cm³/mol. The summed E-state index contributed by atoms with van der Waals surface area (Å²) in [5.74, 6) is -0.586. The van der Waals surface area contributed by atoms with Crippen LogP contribution in [0.2, 0.25) is 0 Å². The summed E-state index contributed by atoms with van der Waals surface area (Å²) in [6, 6.07) is 10.1. The highest BCUT2D eigenvalue weighted by atomic mass is 19.4. The summed E-state index contributed by atoms with van der Waals surface area (Å²) in [5.41, 5.74) is 1.53. The van der Waals surface area contributed by atoms with E-state index in [-0.39, 0.29) is 17.9 Å². The molecule has 0 unspecified atom stereocenters. The number of aromatic nitrogens is 3. The molecule has 3 aromatic rings. The van der Waals surface area contributed by atoms with Gasteiger partial charge in [0, 0.05) is 26.2 Å². The van der Waals surface area contributed by atoms with Gasteiger partial charge in [-0.15, -0.1) is 0 Å². The zero-order chi connectivity index (χ0) is 21.3. The summed E-state index contributed by atoms with van der Waals surface area (Å²) in [7, 11) is 0. The number of rotatable bonds is 5. The van der Waals surface area contributed by atoms with Crippen molar-refractivity contribution in [3.63, 3.8) is 0 Å². The van der Waals surface area contributed by atoms with E-state index in [0.29, 0.717) is 6.54 Å². The first-order valence-corrected chi connectivity index (χ1v) is 9.48. The predicted octanol–water partition coefficient (Wildman–Crippen LogP) is 1.90. The second kappa shape index (κ2) is 8.04. The number of carbonyl (C=O) groups excluding carboxylic acids is 1. The van der Waals surface area contributed by atoms with Crippen molar-refractivity contribution in [2.45, 2.75) is 25.2 Å². The van der Waals surface area contributed by atoms with Crippen molar-refractivity contribution < 1.29 is 23.1 Å². The third-order valence-corrected chi connectivity index (χ3v) is 5.02. The Kier molecular flexibility index (Phi) is 5.44. The second-order valence-electron chi connectivity index (χ2n) is 7.26. The van der Waals surface area contributed by atoms with E-state index in [4.69, 9.17) is 0 Å². The summed E-state index contributed by atoms with van der Waals surface area (Å²) >= 11 is 0. The fourth-order valence-corrected chi connectivity index (χ4v) is 3.52. The largest absolute Gasteiger partial charge is 0.435 e. The second-order valence-corrected chi connectivity index (χ2v) is 7.26. The Hall–Kier alpha value is -2.98. The minimum atomic E-state index is -4.58. The van der Waals surface area contributed by atoms with Crippen molar-refractivity contribution >= 4 is 11.6 Å². The number of halogens is 3. The molecular formula is C20H20F3N5O2. The van der Waals surface area contributed by atoms with Gasteiger partial charge in [-0.25, -0.2) is 9.50 Å². The first kappa shape index (κ1) is 20.3. The maximum absolute atomic E-state index is 12.8. The Morgan fingerprint density at radius 1 is 1.20 bits per heavy atom. The van der Waals surface area contributed by atoms with Gasteiger partial charge < -0.3 is 10.4 Å². The minimum Gasteiger partial charge on any atom is -0.390 e. The molecule has 0 bridgehead atoms. The molecule has 1 atom stereocenters. The molecular weight excluding hydrogens is 399 g/mol. The van der Waals surface area contributed by atoms with Crippen LogP contribution in [-0.4, -0.2) is 56.2 Å². The number of nitrogens with one attached hydrogen (secondary N) is 1. The Labute approximate surface area is 170 Å². The molecule has 2 aromatic heterocycles. The highest BCUT2D eigenvalue weighted by molar-refractivity contribution is 5.92. The van der Waals surface area contributed by atoms with Gasteiger partial charge in [0.05, 0.1) is 12.3 Å². The van der Waals surface area contributed by atoms with E-state index in [2.05, 4.69) is 32.4 Å². The molecule has 2 N–H and O–H groups in total. The molecule has 30 heavy (non-hydrogen) atoms. The smallest absolute Gasteiger partial charge is 0.390 e. The van der Waals surface area contributed by atoms with Crippen molar-refractivity contribution in [1.29, 1.82) is 0 Å². The van der Waals surface area contributed by atoms with Gasteiger partial charge in [0.15, 0.2) is 11.3 Å². The van der Waals surface area contributed by atoms with E-state index in [1.54, 1.807) is 0 Å². The average molecular weight is 419 g/mol. The molecule has 7 nitrogen and oxygen atoms in total. The first-order valence-electron chi connectivity index (χ1n) is 9.48. The van der Waals surface area contributed by atoms with Gasteiger partial charge in [-0.3, -0.25) is 9.69 Å². The highest BCUT2D eigenvalue weighted by Crippen LogP contribution is 2.27. The van der Waals surface area contributed by atoms with Gasteiger partial charge in [0.25, 0.3) is 5.91 Å². The van der Waals surface area contributed by atoms with Gasteiger partial charge in [-0.1, -0.05) is 24.3 Å². The Bertz CT molecular complexity index is 1070. The number of alkyl halides is 3. The number of nitrogens with zero attached hydrogens (tertiary/aromatic N) is 4. The van der Waals surface area contributed by atoms with E-state index in [9.17, 15) is 23.1 Å². The molecule has 1 aliphatic heterocycles. The highest BCUT2D eigenvalue weighted by Gasteiger charge is 2.33. The number of amides is 1. The van der Waals surface area contributed by atoms with Crippen molar-refractivity contribution in [3.05, 3.63) is 65.1 Å². The molecule has 10 heteroatoms. The lowest BCUT2D eigenvalue weighted by Gasteiger charge is -2.30. The molecule has 0 radical (unpaired) electrons. The van der Waals surface area contributed by atoms with Crippen LogP contribution in [0.1, 0.15) is 27.3 Å². The van der Waals surface area contributed by atoms with Crippen LogP contribution in [0.5, 0.6) is 0 Å². The average Bonchev–Trinajstić information content (AvgIpc) is 3.15. The molecule has 0 fully saturated rings. The fraction of sp³-hybridized carbons (Fsp3) is 0.350. The summed E-state index contributed by atoms with van der Waals surface area (Å²) in [6.07, 6.45) is -3.33. The normalized spacial score (nSPS) is 15.7. The molecule has 3 heterocycles. The van der Waals surface area contributed by atoms with Crippen LogP contribution < -0.4 is 5.32 Å². The standard InChI is InChI=1S/C20H20F3N5O2/c21-20(22,23)17-5-6-18-25-16(12-28(18)26-17)19(30)24-9-15(29)11-27-8-7-13-3-1-2-4-14(13)10-27/h1-6,12,15,29H,7-11H2,(H,24,30)/t15-/m0/s1. The topological polar surface area (TPSA) is 82.8 Å². The lowest BCUT2D eigenvalue weighted by molar-refractivity contribution is -0.141. The van der Waals surface area contributed by atoms with Crippen molar-refractivity contribution in [1.82, 2.24) is 24.8 Å². The van der Waals surface area contributed by atoms with Gasteiger partial charge in [-0.05, 0) is 29.7 Å². The molecule has 1 aromatic carbocycles. The van der Waals surface area contributed by atoms with Crippen molar-refractivity contribution in [2.75, 3.05) is 19.6 Å². The Morgan fingerprint density at radius 3 is 2.73 bits per heavy atom. The Balaban J connectivity index is 1.33. The summed E-state index contributed by atoms with van der Waals surface area (Å²) < 4.78 is 39.2. The van der Waals surface area contributed by atoms with E-state index in [1.165, 1.54) is 11.1 Å². The SMILES string of the molecule is O=C(NC[C@H](O)CN1CCc2ccccc2C1)c1cn2nc(C(F)(F)F)ccc2n1. The molecule has 158 valence electrons. The first-order chi connectivity index (χ1) is 14.3. The van der Waals surface area contributed by atoms with E-state index >= 15 is 0 Å². The van der Waals surface area contributed by atoms with E-state index in [0.717, 1.165) is 42.4 Å². The third kappa shape index (κ3) is 4.44. The summed E-state index contributed by atoms with van der Waals surface area (Å²) in [4.78, 5) is 18.4. The van der Waals surface area contributed by atoms with E-state index < -0.39 is 23.9 Å². The van der Waals surface area contributed by atoms with E-state index in [1.807, 2.05) is 12.1 Å². The van der Waals surface area contributed by atoms with Gasteiger partial charge in [-0.2, -0.15) is 18.3 Å². The lowest BCUT2D eigenvalue weighted by Crippen LogP contribution is -2.42. The molecule has 0 saturated carbocycles. The monoisotopic (exact) mass is 419 g/mol. The van der Waals surface area contributed by atoms with Crippen LogP contribution >= 0.6 is 0 Å². The van der Waals surface area contributed by atoms with Crippen LogP contribution in [-0.2, 0) is 19.1 Å². The van der Waals surface area contributed by atoms with Crippen LogP contribution in [0.3, 0.4) is 0 Å². The molecule has 0 spiro atoms. The zero-order valence-corrected chi connectivity index (χ0v) is 15.9. The van der Waals surface area contributed by atoms with Gasteiger partial charge in [0.1, 0.15) is 5.69 Å². The summed E-state index contributed by atoms with van der Waals surface area (Å²) in [5, 5.41) is 16.3. The third-order valence-electron chi connectivity index (χ3n) is 5.02. The summed E-state index contributed by atoms with van der Waals surface area (Å²) in [6.45, 7) is 1.96. The van der Waals surface area contributed by atoms with Crippen LogP contribution in [0.4, 0.5) is 13.2 Å². The number of fused-ring (bicyclic) bond motifs is 2. The number of aliphatic hydroxyl groups excluding tert-OH is 1. The fourth-order valence-electron chi connectivity index (χ4n) is 3.52. The number of aliphatic hydroxyl groups is 1. The zero-order valence-electron chi connectivity index (χ0n) is 15.9. The number of hydrogen-bond donors (Lipinski definition) is 2. The van der Waals surface area contributed by atoms with Crippen molar-refractivity contribution in [3.8, 4) is 0 Å². The van der Waals surface area contributed by atoms with Crippen LogP contribution in [0.25, 0.3) is 5.65 Å². The number of carbonyl (C=O) groups is 1. The quantitative estimate of drug-likeness (QED) is 0.660. The molecule has 1 aliphatic rings. The number of β-amino-alcohol motifs (C(OH)–C–C–N with tert-alkyl or cyclic N) is 1. The van der Waals surface area contributed by atoms with Crippen LogP contribution in [0, 0.1) is 0 Å². The number of imidazole rings is 1. The lowest BCUT2D eigenvalue weighted by atomic mass is 10.00. The van der Waals surface area contributed by atoms with Crippen LogP contribution in [0.15, 0.2) is 42.6 Å². The molecule has 0 saturated heterocycles. The molecule has 0 aliphatic carbocycles. The Morgan fingerprint density at radius 2 is 1.97 bits per heavy atom. The van der Waals surface area contributed by atoms with Crippen molar-refractivity contribution in [2.24, 2.45) is 0 Å². The number of benzene rings is 1. The van der Waals surface area contributed by atoms with Gasteiger partial charge >= 0.3 is 6.18 Å².